The minimum atomic E-state index is 0.483. The molecule has 0 radical (unpaired) electrons. The summed E-state index contributed by atoms with van der Waals surface area (Å²) in [4.78, 5) is 9.09. The summed E-state index contributed by atoms with van der Waals surface area (Å²) in [5.41, 5.74) is 5.39. The van der Waals surface area contributed by atoms with Crippen LogP contribution in [-0.2, 0) is 17.8 Å². The fraction of sp³-hybridized carbons (Fsp3) is 0.231. The van der Waals surface area contributed by atoms with Gasteiger partial charge in [0.25, 0.3) is 0 Å². The zero-order valence-electron chi connectivity index (χ0n) is 10.5. The largest absolute Gasteiger partial charge is 0.376 e. The van der Waals surface area contributed by atoms with E-state index in [-0.39, 0.29) is 0 Å². The molecule has 0 atom stereocenters. The Bertz CT molecular complexity index is 648. The molecular weight excluding hydrogens is 344 g/mol. The second-order valence-corrected chi connectivity index (χ2v) is 5.68. The third-order valence-corrected chi connectivity index (χ3v) is 4.02. The molecule has 0 saturated heterocycles. The molecule has 3 N–H and O–H groups in total. The second-order valence-electron chi connectivity index (χ2n) is 4.39. The number of nitrogens with two attached hydrogens (primary N) is 1. The van der Waals surface area contributed by atoms with E-state index >= 15 is 0 Å². The normalized spacial score (nSPS) is 13.9. The number of fused-ring (bicyclic) bond motifs is 1. The minimum absolute atomic E-state index is 0.483. The summed E-state index contributed by atoms with van der Waals surface area (Å²) in [7, 11) is 0. The number of anilines is 1. The quantitative estimate of drug-likeness (QED) is 0.640. The highest BCUT2D eigenvalue weighted by Gasteiger charge is 2.19. The molecule has 5 nitrogen and oxygen atoms in total. The van der Waals surface area contributed by atoms with Crippen LogP contribution in [0.2, 0.25) is 5.02 Å². The van der Waals surface area contributed by atoms with Gasteiger partial charge >= 0.3 is 0 Å². The van der Waals surface area contributed by atoms with Crippen molar-refractivity contribution in [2.45, 2.75) is 13.0 Å². The number of nitrogens with one attached hydrogen (secondary N) is 1. The lowest BCUT2D eigenvalue weighted by Crippen LogP contribution is -2.19. The Labute approximate surface area is 129 Å². The number of ether oxygens (including phenoxy) is 1. The van der Waals surface area contributed by atoms with Crippen LogP contribution >= 0.6 is 27.5 Å². The molecule has 20 heavy (non-hydrogen) atoms. The number of nitrogens with zero attached hydrogens (tertiary/aromatic N) is 2. The molecule has 2 aromatic rings. The molecule has 1 aliphatic heterocycles. The number of rotatable bonds is 2. The van der Waals surface area contributed by atoms with Crippen LogP contribution in [0.25, 0.3) is 11.4 Å². The highest BCUT2D eigenvalue weighted by molar-refractivity contribution is 9.10. The molecule has 0 amide bonds. The Hall–Kier alpha value is -1.21. The van der Waals surface area contributed by atoms with Crippen molar-refractivity contribution >= 4 is 33.3 Å². The van der Waals surface area contributed by atoms with Crippen LogP contribution in [0.3, 0.4) is 0 Å². The molecule has 1 aromatic carbocycles. The summed E-state index contributed by atoms with van der Waals surface area (Å²) in [6, 6.07) is 5.51. The number of hydrogen-bond donors (Lipinski definition) is 2. The highest BCUT2D eigenvalue weighted by atomic mass is 79.9. The van der Waals surface area contributed by atoms with Gasteiger partial charge in [0, 0.05) is 27.0 Å². The first-order valence-corrected chi connectivity index (χ1v) is 7.25. The van der Waals surface area contributed by atoms with E-state index < -0.39 is 0 Å². The number of hydrazine groups is 1. The van der Waals surface area contributed by atoms with Gasteiger partial charge in [0.2, 0.25) is 0 Å². The summed E-state index contributed by atoms with van der Waals surface area (Å²) >= 11 is 9.44. The van der Waals surface area contributed by atoms with Gasteiger partial charge in [-0.05, 0) is 34.1 Å². The van der Waals surface area contributed by atoms with Crippen molar-refractivity contribution in [3.8, 4) is 11.4 Å². The second kappa shape index (κ2) is 5.65. The van der Waals surface area contributed by atoms with Crippen LogP contribution < -0.4 is 11.3 Å². The lowest BCUT2D eigenvalue weighted by Gasteiger charge is -2.19. The van der Waals surface area contributed by atoms with Crippen molar-refractivity contribution in [3.63, 3.8) is 0 Å². The maximum Gasteiger partial charge on any atom is 0.162 e. The summed E-state index contributed by atoms with van der Waals surface area (Å²) < 4.78 is 6.27. The molecule has 3 rings (SSSR count). The SMILES string of the molecule is NNc1nc(-c2ccc(Cl)cc2Br)nc2c1COCC2. The zero-order chi connectivity index (χ0) is 14.1. The lowest BCUT2D eigenvalue weighted by molar-refractivity contribution is 0.109. The molecule has 0 bridgehead atoms. The number of nitrogen functional groups attached to an aromatic ring is 1. The fourth-order valence-corrected chi connectivity index (χ4v) is 3.00. The van der Waals surface area contributed by atoms with E-state index in [9.17, 15) is 0 Å². The van der Waals surface area contributed by atoms with Gasteiger partial charge in [0.15, 0.2) is 5.82 Å². The molecule has 0 fully saturated rings. The van der Waals surface area contributed by atoms with Crippen LogP contribution in [0, 0.1) is 0 Å². The third kappa shape index (κ3) is 2.52. The molecule has 0 aliphatic carbocycles. The van der Waals surface area contributed by atoms with E-state index in [0.29, 0.717) is 29.9 Å². The maximum atomic E-state index is 5.96. The van der Waals surface area contributed by atoms with Crippen molar-refractivity contribution in [2.24, 2.45) is 5.84 Å². The first kappa shape index (κ1) is 13.8. The van der Waals surface area contributed by atoms with Crippen molar-refractivity contribution in [1.82, 2.24) is 9.97 Å². The first-order valence-electron chi connectivity index (χ1n) is 6.08. The Morgan fingerprint density at radius 3 is 2.95 bits per heavy atom. The maximum absolute atomic E-state index is 5.96. The van der Waals surface area contributed by atoms with Crippen LogP contribution in [0.15, 0.2) is 22.7 Å². The highest BCUT2D eigenvalue weighted by Crippen LogP contribution is 2.31. The molecule has 0 unspecified atom stereocenters. The minimum Gasteiger partial charge on any atom is -0.376 e. The molecule has 104 valence electrons. The average Bonchev–Trinajstić information content (AvgIpc) is 2.46. The van der Waals surface area contributed by atoms with Gasteiger partial charge in [-0.3, -0.25) is 0 Å². The van der Waals surface area contributed by atoms with Gasteiger partial charge in [-0.25, -0.2) is 15.8 Å². The predicted molar refractivity (Wildman–Crippen MR) is 81.3 cm³/mol. The summed E-state index contributed by atoms with van der Waals surface area (Å²) in [6.07, 6.45) is 0.755. The summed E-state index contributed by atoms with van der Waals surface area (Å²) in [6.45, 7) is 1.15. The Morgan fingerprint density at radius 2 is 2.20 bits per heavy atom. The Morgan fingerprint density at radius 1 is 1.35 bits per heavy atom. The van der Waals surface area contributed by atoms with E-state index in [0.717, 1.165) is 27.7 Å². The van der Waals surface area contributed by atoms with Crippen LogP contribution in [0.4, 0.5) is 5.82 Å². The smallest absolute Gasteiger partial charge is 0.162 e. The van der Waals surface area contributed by atoms with Crippen molar-refractivity contribution in [3.05, 3.63) is 39.0 Å². The monoisotopic (exact) mass is 354 g/mol. The standard InChI is InChI=1S/C13H12BrClN4O/c14-10-5-7(15)1-2-8(10)12-17-11-3-4-20-6-9(11)13(18-12)19-16/h1-2,5H,3-4,6,16H2,(H,17,18,19). The third-order valence-electron chi connectivity index (χ3n) is 3.13. The van der Waals surface area contributed by atoms with E-state index in [1.165, 1.54) is 0 Å². The Balaban J connectivity index is 2.14. The summed E-state index contributed by atoms with van der Waals surface area (Å²) in [5, 5.41) is 0.657. The van der Waals surface area contributed by atoms with Gasteiger partial charge in [-0.1, -0.05) is 11.6 Å². The van der Waals surface area contributed by atoms with E-state index in [4.69, 9.17) is 22.2 Å². The van der Waals surface area contributed by atoms with Gasteiger partial charge in [0.05, 0.1) is 18.9 Å². The summed E-state index contributed by atoms with van der Waals surface area (Å²) in [5.74, 6) is 6.77. The van der Waals surface area contributed by atoms with E-state index in [1.807, 2.05) is 18.2 Å². The van der Waals surface area contributed by atoms with Gasteiger partial charge < -0.3 is 10.2 Å². The molecule has 2 heterocycles. The van der Waals surface area contributed by atoms with Crippen molar-refractivity contribution < 1.29 is 4.74 Å². The van der Waals surface area contributed by atoms with E-state index in [2.05, 4.69) is 31.3 Å². The predicted octanol–water partition coefficient (Wildman–Crippen LogP) is 2.92. The van der Waals surface area contributed by atoms with Crippen LogP contribution in [0.5, 0.6) is 0 Å². The number of aromatic nitrogens is 2. The molecule has 0 spiro atoms. The molecule has 7 heteroatoms. The fourth-order valence-electron chi connectivity index (χ4n) is 2.14. The van der Waals surface area contributed by atoms with E-state index in [1.54, 1.807) is 0 Å². The van der Waals surface area contributed by atoms with Crippen molar-refractivity contribution in [1.29, 1.82) is 0 Å². The Kier molecular flexibility index (Phi) is 3.89. The number of benzene rings is 1. The topological polar surface area (TPSA) is 73.1 Å². The number of hydrogen-bond acceptors (Lipinski definition) is 5. The molecule has 0 saturated carbocycles. The van der Waals surface area contributed by atoms with Crippen LogP contribution in [-0.4, -0.2) is 16.6 Å². The van der Waals surface area contributed by atoms with Crippen LogP contribution in [0.1, 0.15) is 11.3 Å². The number of halogens is 2. The molecular formula is C13H12BrClN4O. The average molecular weight is 356 g/mol. The van der Waals surface area contributed by atoms with Gasteiger partial charge in [-0.15, -0.1) is 0 Å². The lowest BCUT2D eigenvalue weighted by atomic mass is 10.1. The molecule has 1 aliphatic rings. The molecule has 1 aromatic heterocycles. The zero-order valence-corrected chi connectivity index (χ0v) is 12.8. The van der Waals surface area contributed by atoms with Gasteiger partial charge in [0.1, 0.15) is 5.82 Å². The van der Waals surface area contributed by atoms with Crippen molar-refractivity contribution in [2.75, 3.05) is 12.0 Å². The van der Waals surface area contributed by atoms with Gasteiger partial charge in [-0.2, -0.15) is 0 Å². The first-order chi connectivity index (χ1) is 9.69.